The van der Waals surface area contributed by atoms with E-state index < -0.39 is 0 Å². The van der Waals surface area contributed by atoms with Crippen LogP contribution in [0.2, 0.25) is 0 Å². The van der Waals surface area contributed by atoms with Gasteiger partial charge in [-0.3, -0.25) is 9.79 Å². The molecule has 0 bridgehead atoms. The molecular weight excluding hydrogens is 218 g/mol. The van der Waals surface area contributed by atoms with Gasteiger partial charge in [0.05, 0.1) is 7.11 Å². The summed E-state index contributed by atoms with van der Waals surface area (Å²) in [5.41, 5.74) is 0. The number of carbonyl (C=O) groups excluding carboxylic acids is 1. The van der Waals surface area contributed by atoms with Crippen LogP contribution >= 0.6 is 0 Å². The van der Waals surface area contributed by atoms with E-state index in [1.54, 1.807) is 0 Å². The van der Waals surface area contributed by atoms with E-state index in [0.29, 0.717) is 12.5 Å². The van der Waals surface area contributed by atoms with Crippen molar-refractivity contribution < 1.29 is 9.53 Å². The van der Waals surface area contributed by atoms with Crippen molar-refractivity contribution >= 4 is 11.9 Å². The number of nitrogens with zero attached hydrogens (tertiary/aromatic N) is 1. The van der Waals surface area contributed by atoms with Gasteiger partial charge in [-0.15, -0.1) is 0 Å². The summed E-state index contributed by atoms with van der Waals surface area (Å²) >= 11 is 0. The highest BCUT2D eigenvalue weighted by atomic mass is 16.5. The molecule has 100 valence electrons. The molecule has 0 aromatic heterocycles. The van der Waals surface area contributed by atoms with Gasteiger partial charge < -0.3 is 15.4 Å². The standard InChI is InChI=1S/C12H25N3O2/c1-5-13-12(15-10(2)3)14-9-7-6-8-11(16)17-4/h10H,5-9H2,1-4H3,(H2,13,14,15). The molecule has 0 rings (SSSR count). The molecular formula is C12H25N3O2. The van der Waals surface area contributed by atoms with Crippen LogP contribution in [0.4, 0.5) is 0 Å². The summed E-state index contributed by atoms with van der Waals surface area (Å²) in [5, 5.41) is 6.41. The molecule has 0 saturated heterocycles. The maximum atomic E-state index is 10.9. The quantitative estimate of drug-likeness (QED) is 0.306. The molecule has 0 saturated carbocycles. The molecule has 0 fully saturated rings. The van der Waals surface area contributed by atoms with Gasteiger partial charge >= 0.3 is 5.97 Å². The second-order valence-corrected chi connectivity index (χ2v) is 4.09. The number of unbranched alkanes of at least 4 members (excludes halogenated alkanes) is 1. The van der Waals surface area contributed by atoms with Gasteiger partial charge in [-0.05, 0) is 33.6 Å². The Balaban J connectivity index is 3.79. The number of guanidine groups is 1. The highest BCUT2D eigenvalue weighted by Crippen LogP contribution is 1.97. The molecule has 0 aliphatic heterocycles. The van der Waals surface area contributed by atoms with Crippen LogP contribution in [0.1, 0.15) is 40.0 Å². The van der Waals surface area contributed by atoms with Crippen LogP contribution in [-0.4, -0.2) is 38.2 Å². The summed E-state index contributed by atoms with van der Waals surface area (Å²) < 4.78 is 4.57. The zero-order valence-electron chi connectivity index (χ0n) is 11.4. The van der Waals surface area contributed by atoms with Gasteiger partial charge in [0.1, 0.15) is 0 Å². The molecule has 0 aromatic carbocycles. The minimum atomic E-state index is -0.152. The van der Waals surface area contributed by atoms with E-state index in [1.807, 2.05) is 6.92 Å². The van der Waals surface area contributed by atoms with Crippen LogP contribution in [0.25, 0.3) is 0 Å². The molecule has 2 N–H and O–H groups in total. The molecule has 0 amide bonds. The summed E-state index contributed by atoms with van der Waals surface area (Å²) in [6.07, 6.45) is 2.18. The molecule has 0 aliphatic carbocycles. The Labute approximate surface area is 104 Å². The molecule has 17 heavy (non-hydrogen) atoms. The molecule has 0 unspecified atom stereocenters. The topological polar surface area (TPSA) is 62.7 Å². The van der Waals surface area contributed by atoms with Crippen LogP contribution in [0, 0.1) is 0 Å². The summed E-state index contributed by atoms with van der Waals surface area (Å²) in [5.74, 6) is 0.682. The van der Waals surface area contributed by atoms with E-state index in [1.165, 1.54) is 7.11 Å². The van der Waals surface area contributed by atoms with Gasteiger partial charge in [-0.1, -0.05) is 0 Å². The second-order valence-electron chi connectivity index (χ2n) is 4.09. The number of ether oxygens (including phenoxy) is 1. The van der Waals surface area contributed by atoms with Gasteiger partial charge in [0.15, 0.2) is 5.96 Å². The van der Waals surface area contributed by atoms with Gasteiger partial charge in [0.25, 0.3) is 0 Å². The van der Waals surface area contributed by atoms with Crippen molar-refractivity contribution in [2.75, 3.05) is 20.2 Å². The largest absolute Gasteiger partial charge is 0.469 e. The third-order valence-electron chi connectivity index (χ3n) is 2.06. The van der Waals surface area contributed by atoms with Crippen molar-refractivity contribution in [3.8, 4) is 0 Å². The molecule has 0 heterocycles. The predicted molar refractivity (Wildman–Crippen MR) is 70.1 cm³/mol. The average Bonchev–Trinajstić information content (AvgIpc) is 2.27. The van der Waals surface area contributed by atoms with Crippen molar-refractivity contribution in [1.82, 2.24) is 10.6 Å². The average molecular weight is 243 g/mol. The minimum Gasteiger partial charge on any atom is -0.469 e. The fraction of sp³-hybridized carbons (Fsp3) is 0.833. The van der Waals surface area contributed by atoms with Crippen molar-refractivity contribution in [2.24, 2.45) is 4.99 Å². The third-order valence-corrected chi connectivity index (χ3v) is 2.06. The van der Waals surface area contributed by atoms with E-state index in [4.69, 9.17) is 0 Å². The molecule has 0 atom stereocenters. The summed E-state index contributed by atoms with van der Waals surface area (Å²) in [7, 11) is 1.41. The van der Waals surface area contributed by atoms with Gasteiger partial charge in [-0.25, -0.2) is 0 Å². The smallest absolute Gasteiger partial charge is 0.305 e. The maximum Gasteiger partial charge on any atom is 0.305 e. The first-order valence-electron chi connectivity index (χ1n) is 6.21. The molecule has 0 aromatic rings. The van der Waals surface area contributed by atoms with Crippen LogP contribution in [0.5, 0.6) is 0 Å². The fourth-order valence-electron chi connectivity index (χ4n) is 1.27. The number of rotatable bonds is 7. The van der Waals surface area contributed by atoms with E-state index in [9.17, 15) is 4.79 Å². The Morgan fingerprint density at radius 2 is 2.06 bits per heavy atom. The van der Waals surface area contributed by atoms with Crippen molar-refractivity contribution in [1.29, 1.82) is 0 Å². The van der Waals surface area contributed by atoms with E-state index in [2.05, 4.69) is 34.2 Å². The first-order chi connectivity index (χ1) is 8.10. The third kappa shape index (κ3) is 9.66. The number of nitrogens with one attached hydrogen (secondary N) is 2. The monoisotopic (exact) mass is 243 g/mol. The molecule has 0 spiro atoms. The van der Waals surface area contributed by atoms with Crippen LogP contribution in [-0.2, 0) is 9.53 Å². The van der Waals surface area contributed by atoms with Crippen molar-refractivity contribution in [3.05, 3.63) is 0 Å². The highest BCUT2D eigenvalue weighted by Gasteiger charge is 2.00. The Morgan fingerprint density at radius 3 is 2.59 bits per heavy atom. The molecule has 5 heteroatoms. The lowest BCUT2D eigenvalue weighted by Gasteiger charge is -2.13. The predicted octanol–water partition coefficient (Wildman–Crippen LogP) is 1.29. The zero-order valence-corrected chi connectivity index (χ0v) is 11.4. The fourth-order valence-corrected chi connectivity index (χ4v) is 1.27. The second kappa shape index (κ2) is 9.93. The SMILES string of the molecule is CCNC(=NCCCCC(=O)OC)NC(C)C. The van der Waals surface area contributed by atoms with Crippen LogP contribution in [0.3, 0.4) is 0 Å². The Morgan fingerprint density at radius 1 is 1.35 bits per heavy atom. The van der Waals surface area contributed by atoms with Crippen molar-refractivity contribution in [3.63, 3.8) is 0 Å². The Hall–Kier alpha value is -1.26. The van der Waals surface area contributed by atoms with Gasteiger partial charge in [0, 0.05) is 25.6 Å². The van der Waals surface area contributed by atoms with E-state index >= 15 is 0 Å². The van der Waals surface area contributed by atoms with Gasteiger partial charge in [-0.2, -0.15) is 0 Å². The van der Waals surface area contributed by atoms with Gasteiger partial charge in [0.2, 0.25) is 0 Å². The lowest BCUT2D eigenvalue weighted by atomic mass is 10.2. The Kier molecular flexibility index (Phi) is 9.19. The van der Waals surface area contributed by atoms with E-state index in [-0.39, 0.29) is 5.97 Å². The number of methoxy groups -OCH3 is 1. The first-order valence-corrected chi connectivity index (χ1v) is 6.21. The number of hydrogen-bond acceptors (Lipinski definition) is 3. The van der Waals surface area contributed by atoms with E-state index in [0.717, 1.165) is 31.9 Å². The number of hydrogen-bond donors (Lipinski definition) is 2. The lowest BCUT2D eigenvalue weighted by molar-refractivity contribution is -0.140. The van der Waals surface area contributed by atoms with Crippen molar-refractivity contribution in [2.45, 2.75) is 46.1 Å². The molecule has 5 nitrogen and oxygen atoms in total. The maximum absolute atomic E-state index is 10.9. The lowest BCUT2D eigenvalue weighted by Crippen LogP contribution is -2.41. The number of aliphatic imine (C=N–C) groups is 1. The van der Waals surface area contributed by atoms with Crippen LogP contribution in [0.15, 0.2) is 4.99 Å². The zero-order chi connectivity index (χ0) is 13.1. The summed E-state index contributed by atoms with van der Waals surface area (Å²) in [4.78, 5) is 15.3. The Bertz CT molecular complexity index is 240. The summed E-state index contributed by atoms with van der Waals surface area (Å²) in [6, 6.07) is 0.364. The molecule has 0 radical (unpaired) electrons. The number of esters is 1. The first kappa shape index (κ1) is 15.7. The summed E-state index contributed by atoms with van der Waals surface area (Å²) in [6.45, 7) is 7.75. The highest BCUT2D eigenvalue weighted by molar-refractivity contribution is 5.79. The minimum absolute atomic E-state index is 0.152. The van der Waals surface area contributed by atoms with Crippen LogP contribution < -0.4 is 10.6 Å². The molecule has 0 aliphatic rings. The normalized spacial score (nSPS) is 11.5. The number of carbonyl (C=O) groups is 1.